The van der Waals surface area contributed by atoms with Gasteiger partial charge in [-0.15, -0.1) is 0 Å². The summed E-state index contributed by atoms with van der Waals surface area (Å²) in [6.45, 7) is 0. The summed E-state index contributed by atoms with van der Waals surface area (Å²) in [5.41, 5.74) is 10.2. The van der Waals surface area contributed by atoms with Crippen LogP contribution in [0.4, 0.5) is 5.69 Å². The highest BCUT2D eigenvalue weighted by atomic mass is 16.5. The molecule has 11 aromatic rings. The van der Waals surface area contributed by atoms with Crippen molar-refractivity contribution in [3.63, 3.8) is 0 Å². The molecule has 0 radical (unpaired) electrons. The second-order valence-corrected chi connectivity index (χ2v) is 14.4. The van der Waals surface area contributed by atoms with E-state index in [4.69, 9.17) is 29.1 Å². The number of benzene rings is 7. The van der Waals surface area contributed by atoms with Gasteiger partial charge in [0.2, 0.25) is 0 Å². The van der Waals surface area contributed by atoms with Gasteiger partial charge >= 0.3 is 0 Å². The highest BCUT2D eigenvalue weighted by molar-refractivity contribution is 6.13. The summed E-state index contributed by atoms with van der Waals surface area (Å²) < 4.78 is 12.7. The van der Waals surface area contributed by atoms with E-state index in [9.17, 15) is 0 Å². The lowest BCUT2D eigenvalue weighted by Gasteiger charge is -2.17. The van der Waals surface area contributed by atoms with Crippen LogP contribution in [0.5, 0.6) is 5.75 Å². The number of nitrogens with one attached hydrogen (secondary N) is 1. The van der Waals surface area contributed by atoms with Crippen LogP contribution in [0.2, 0.25) is 0 Å². The van der Waals surface area contributed by atoms with Crippen molar-refractivity contribution in [2.45, 2.75) is 6.23 Å². The second kappa shape index (κ2) is 12.8. The maximum Gasteiger partial charge on any atom is 0.197 e. The van der Waals surface area contributed by atoms with Crippen LogP contribution in [0, 0.1) is 0 Å². The number of anilines is 1. The fourth-order valence-corrected chi connectivity index (χ4v) is 8.36. The summed E-state index contributed by atoms with van der Waals surface area (Å²) in [7, 11) is 0. The molecule has 1 N–H and O–H groups in total. The third-order valence-corrected chi connectivity index (χ3v) is 11.1. The first-order chi connectivity index (χ1) is 28.7. The molecule has 5 heterocycles. The average molecular weight is 747 g/mol. The molecule has 1 aliphatic heterocycles. The van der Waals surface area contributed by atoms with Crippen LogP contribution in [0.25, 0.3) is 99.8 Å². The maximum atomic E-state index is 6.59. The number of hydrogen-bond donors (Lipinski definition) is 1. The van der Waals surface area contributed by atoms with Crippen molar-refractivity contribution in [2.24, 2.45) is 0 Å². The second-order valence-electron chi connectivity index (χ2n) is 14.4. The maximum absolute atomic E-state index is 6.59. The van der Waals surface area contributed by atoms with E-state index in [0.29, 0.717) is 17.5 Å². The van der Waals surface area contributed by atoms with Gasteiger partial charge in [0.1, 0.15) is 16.9 Å². The Bertz CT molecular complexity index is 3420. The van der Waals surface area contributed by atoms with Crippen LogP contribution in [0.15, 0.2) is 175 Å². The highest BCUT2D eigenvalue weighted by Gasteiger charge is 2.29. The zero-order valence-electron chi connectivity index (χ0n) is 30.8. The molecule has 12 rings (SSSR count). The number of furan rings is 1. The minimum absolute atomic E-state index is 0.361. The Morgan fingerprint density at radius 1 is 0.448 bits per heavy atom. The van der Waals surface area contributed by atoms with Crippen molar-refractivity contribution in [2.75, 3.05) is 5.32 Å². The first-order valence-corrected chi connectivity index (χ1v) is 19.2. The summed E-state index contributed by atoms with van der Waals surface area (Å²) in [5.74, 6) is 2.57. The summed E-state index contributed by atoms with van der Waals surface area (Å²) in [4.78, 5) is 24.5. The van der Waals surface area contributed by atoms with Crippen molar-refractivity contribution >= 4 is 60.2 Å². The Labute approximate surface area is 331 Å². The van der Waals surface area contributed by atoms with Crippen LogP contribution >= 0.6 is 0 Å². The molecule has 272 valence electrons. The van der Waals surface area contributed by atoms with Crippen molar-refractivity contribution in [3.8, 4) is 51.0 Å². The minimum Gasteiger partial charge on any atom is -0.464 e. The predicted octanol–water partition coefficient (Wildman–Crippen LogP) is 12.2. The number of ether oxygens (including phenoxy) is 1. The zero-order valence-corrected chi connectivity index (χ0v) is 30.8. The molecule has 0 spiro atoms. The average Bonchev–Trinajstić information content (AvgIpc) is 3.90. The fourth-order valence-electron chi connectivity index (χ4n) is 8.36. The largest absolute Gasteiger partial charge is 0.464 e. The van der Waals surface area contributed by atoms with Crippen LogP contribution < -0.4 is 10.1 Å². The Balaban J connectivity index is 0.924. The Morgan fingerprint density at radius 3 is 2.03 bits per heavy atom. The third kappa shape index (κ3) is 5.12. The van der Waals surface area contributed by atoms with Gasteiger partial charge in [-0.3, -0.25) is 9.97 Å². The lowest BCUT2D eigenvalue weighted by molar-refractivity contribution is 0.261. The van der Waals surface area contributed by atoms with Crippen LogP contribution in [0.1, 0.15) is 11.8 Å². The van der Waals surface area contributed by atoms with Crippen molar-refractivity contribution in [3.05, 3.63) is 176 Å². The number of para-hydroxylation sites is 1. The molecule has 0 bridgehead atoms. The molecule has 8 nitrogen and oxygen atoms in total. The van der Waals surface area contributed by atoms with Crippen molar-refractivity contribution in [1.29, 1.82) is 0 Å². The molecule has 0 aliphatic carbocycles. The number of pyridine rings is 2. The van der Waals surface area contributed by atoms with Gasteiger partial charge in [-0.2, -0.15) is 0 Å². The fraction of sp³-hybridized carbons (Fsp3) is 0.0200. The molecule has 4 aromatic heterocycles. The van der Waals surface area contributed by atoms with Gasteiger partial charge in [-0.05, 0) is 52.2 Å². The number of nitrogens with zero attached hydrogens (tertiary/aromatic N) is 5. The lowest BCUT2D eigenvalue weighted by atomic mass is 9.94. The van der Waals surface area contributed by atoms with E-state index in [1.807, 2.05) is 78.9 Å². The van der Waals surface area contributed by atoms with Crippen molar-refractivity contribution < 1.29 is 9.15 Å². The zero-order chi connectivity index (χ0) is 38.2. The van der Waals surface area contributed by atoms with Crippen LogP contribution in [0.3, 0.4) is 0 Å². The number of rotatable bonds is 5. The summed E-state index contributed by atoms with van der Waals surface area (Å²) >= 11 is 0. The van der Waals surface area contributed by atoms with Gasteiger partial charge in [-0.25, -0.2) is 15.0 Å². The Morgan fingerprint density at radius 2 is 1.17 bits per heavy atom. The molecule has 0 amide bonds. The van der Waals surface area contributed by atoms with E-state index in [1.54, 1.807) is 12.4 Å². The lowest BCUT2D eigenvalue weighted by Crippen LogP contribution is -2.10. The number of fused-ring (bicyclic) bond motifs is 9. The SMILES string of the molecule is c1ccc(-c2nc(-c3ccc(-c4ccc(C5Nc6c(ccc7oc8ccccc8c67)O5)c5ccccc45)cc3)nc(-c3ccnc4c3ccc3cccnc34)n2)cc1. The molecule has 0 saturated heterocycles. The van der Waals surface area contributed by atoms with E-state index < -0.39 is 0 Å². The third-order valence-electron chi connectivity index (χ3n) is 11.1. The molecule has 1 aliphatic rings. The molecule has 0 fully saturated rings. The number of aromatic nitrogens is 5. The van der Waals surface area contributed by atoms with Crippen LogP contribution in [-0.2, 0) is 0 Å². The molecule has 1 unspecified atom stereocenters. The van der Waals surface area contributed by atoms with E-state index in [0.717, 1.165) is 99.3 Å². The summed E-state index contributed by atoms with van der Waals surface area (Å²) in [5, 5.41) is 10.0. The van der Waals surface area contributed by atoms with Crippen LogP contribution in [-0.4, -0.2) is 24.9 Å². The van der Waals surface area contributed by atoms with Gasteiger partial charge in [0, 0.05) is 50.8 Å². The van der Waals surface area contributed by atoms with E-state index in [1.165, 1.54) is 0 Å². The van der Waals surface area contributed by atoms with Gasteiger partial charge in [-0.1, -0.05) is 127 Å². The van der Waals surface area contributed by atoms with Gasteiger partial charge in [0.25, 0.3) is 0 Å². The number of hydrogen-bond acceptors (Lipinski definition) is 8. The molecular weight excluding hydrogens is 717 g/mol. The van der Waals surface area contributed by atoms with Gasteiger partial charge in [0.05, 0.1) is 22.1 Å². The summed E-state index contributed by atoms with van der Waals surface area (Å²) in [6, 6.07) is 53.6. The minimum atomic E-state index is -0.361. The smallest absolute Gasteiger partial charge is 0.197 e. The predicted molar refractivity (Wildman–Crippen MR) is 230 cm³/mol. The Kier molecular flexibility index (Phi) is 7.12. The normalized spacial score (nSPS) is 13.6. The van der Waals surface area contributed by atoms with E-state index in [-0.39, 0.29) is 6.23 Å². The molecule has 0 saturated carbocycles. The topological polar surface area (TPSA) is 98.9 Å². The molecule has 8 heteroatoms. The standard InChI is InChI=1S/C50H30N6O2/c1-2-9-31(10-3-1)47-54-48(56-49(55-47)37-26-28-52-45-36(37)21-20-30-11-8-27-51-44(30)45)32-18-16-29(17-19-32)33-22-23-38(35-13-5-4-12-34(33)35)50-53-46-42(58-50)25-24-41-43(46)39-14-6-7-15-40(39)57-41/h1-28,50,53H. The van der Waals surface area contributed by atoms with Gasteiger partial charge < -0.3 is 14.5 Å². The quantitative estimate of drug-likeness (QED) is 0.174. The monoisotopic (exact) mass is 746 g/mol. The van der Waals surface area contributed by atoms with E-state index >= 15 is 0 Å². The first kappa shape index (κ1) is 32.3. The molecule has 7 aromatic carbocycles. The van der Waals surface area contributed by atoms with E-state index in [2.05, 4.69) is 89.2 Å². The first-order valence-electron chi connectivity index (χ1n) is 19.2. The van der Waals surface area contributed by atoms with Crippen molar-refractivity contribution in [1.82, 2.24) is 24.9 Å². The Hall–Kier alpha value is -7.97. The molecule has 1 atom stereocenters. The highest BCUT2D eigenvalue weighted by Crippen LogP contribution is 2.47. The molecular formula is C50H30N6O2. The molecule has 58 heavy (non-hydrogen) atoms. The summed E-state index contributed by atoms with van der Waals surface area (Å²) in [6.07, 6.45) is 3.24. The van der Waals surface area contributed by atoms with Gasteiger partial charge in [0.15, 0.2) is 23.7 Å².